The Morgan fingerprint density at radius 2 is 1.82 bits per heavy atom. The van der Waals surface area contributed by atoms with E-state index in [1.54, 1.807) is 24.3 Å². The third-order valence-corrected chi connectivity index (χ3v) is 3.83. The lowest BCUT2D eigenvalue weighted by atomic mass is 10.1. The molecular weight excluding hydrogens is 284 g/mol. The number of imide groups is 1. The number of rotatable bonds is 3. The maximum atomic E-state index is 12.1. The summed E-state index contributed by atoms with van der Waals surface area (Å²) in [6.07, 6.45) is 2.86. The molecule has 0 saturated carbocycles. The Labute approximate surface area is 127 Å². The average molecular weight is 300 g/mol. The van der Waals surface area contributed by atoms with Crippen LogP contribution in [0.3, 0.4) is 0 Å². The van der Waals surface area contributed by atoms with Gasteiger partial charge in [-0.05, 0) is 25.6 Å². The number of fused-ring (bicyclic) bond motifs is 1. The molecule has 6 heteroatoms. The van der Waals surface area contributed by atoms with Crippen LogP contribution in [0.5, 0.6) is 0 Å². The summed E-state index contributed by atoms with van der Waals surface area (Å²) in [7, 11) is 2.00. The van der Waals surface area contributed by atoms with E-state index in [0.717, 1.165) is 25.1 Å². The van der Waals surface area contributed by atoms with Gasteiger partial charge in [-0.3, -0.25) is 9.59 Å². The van der Waals surface area contributed by atoms with Gasteiger partial charge in [-0.2, -0.15) is 0 Å². The van der Waals surface area contributed by atoms with E-state index >= 15 is 0 Å². The molecule has 0 atom stereocenters. The molecule has 1 aromatic rings. The maximum Gasteiger partial charge on any atom is 0.337 e. The van der Waals surface area contributed by atoms with Crippen LogP contribution in [0.2, 0.25) is 0 Å². The van der Waals surface area contributed by atoms with Crippen LogP contribution in [0.1, 0.15) is 33.6 Å². The fraction of sp³-hybridized carbons (Fsp3) is 0.312. The van der Waals surface area contributed by atoms with Gasteiger partial charge in [-0.15, -0.1) is 0 Å². The minimum Gasteiger partial charge on any atom is -0.329 e. The number of carbonyl (C=O) groups excluding carboxylic acids is 3. The zero-order chi connectivity index (χ0) is 15.7. The van der Waals surface area contributed by atoms with E-state index < -0.39 is 17.8 Å². The van der Waals surface area contributed by atoms with E-state index in [1.807, 2.05) is 13.1 Å². The van der Waals surface area contributed by atoms with Crippen LogP contribution in [0.4, 0.5) is 0 Å². The summed E-state index contributed by atoms with van der Waals surface area (Å²) in [5.74, 6) is -1.78. The molecule has 0 aromatic heterocycles. The molecular formula is C16H16N2O4. The van der Waals surface area contributed by atoms with Gasteiger partial charge in [0.25, 0.3) is 11.8 Å². The largest absolute Gasteiger partial charge is 0.337 e. The molecule has 0 N–H and O–H groups in total. The van der Waals surface area contributed by atoms with Crippen LogP contribution in [-0.2, 0) is 9.63 Å². The van der Waals surface area contributed by atoms with Gasteiger partial charge in [0.2, 0.25) is 0 Å². The van der Waals surface area contributed by atoms with Crippen molar-refractivity contribution in [1.29, 1.82) is 0 Å². The summed E-state index contributed by atoms with van der Waals surface area (Å²) >= 11 is 0. The Morgan fingerprint density at radius 1 is 1.18 bits per heavy atom. The van der Waals surface area contributed by atoms with Gasteiger partial charge >= 0.3 is 5.97 Å². The van der Waals surface area contributed by atoms with Gasteiger partial charge in [-0.25, -0.2) is 4.79 Å². The van der Waals surface area contributed by atoms with Gasteiger partial charge in [0.1, 0.15) is 0 Å². The lowest BCUT2D eigenvalue weighted by Crippen LogP contribution is -2.33. The fourth-order valence-electron chi connectivity index (χ4n) is 2.54. The lowest BCUT2D eigenvalue weighted by Gasteiger charge is -2.21. The van der Waals surface area contributed by atoms with Crippen molar-refractivity contribution in [1.82, 2.24) is 9.96 Å². The van der Waals surface area contributed by atoms with Crippen molar-refractivity contribution in [3.8, 4) is 0 Å². The molecule has 0 aliphatic carbocycles. The van der Waals surface area contributed by atoms with Crippen molar-refractivity contribution in [3.63, 3.8) is 0 Å². The van der Waals surface area contributed by atoms with Crippen LogP contribution >= 0.6 is 0 Å². The molecule has 2 aliphatic rings. The van der Waals surface area contributed by atoms with Crippen molar-refractivity contribution in [3.05, 3.63) is 47.0 Å². The Bertz CT molecular complexity index is 645. The predicted octanol–water partition coefficient (Wildman–Crippen LogP) is 1.39. The first-order valence-electron chi connectivity index (χ1n) is 7.11. The monoisotopic (exact) mass is 300 g/mol. The topological polar surface area (TPSA) is 66.9 Å². The van der Waals surface area contributed by atoms with E-state index in [-0.39, 0.29) is 17.5 Å². The highest BCUT2D eigenvalue weighted by atomic mass is 16.7. The molecule has 2 aliphatic heterocycles. The molecule has 0 spiro atoms. The molecule has 6 nitrogen and oxygen atoms in total. The predicted molar refractivity (Wildman–Crippen MR) is 77.8 cm³/mol. The molecule has 3 rings (SSSR count). The van der Waals surface area contributed by atoms with Crippen molar-refractivity contribution in [2.75, 3.05) is 20.1 Å². The Balaban J connectivity index is 1.66. The van der Waals surface area contributed by atoms with Gasteiger partial charge in [0.05, 0.1) is 17.5 Å². The first-order valence-corrected chi connectivity index (χ1v) is 7.11. The molecule has 1 aromatic carbocycles. The summed E-state index contributed by atoms with van der Waals surface area (Å²) < 4.78 is 0. The van der Waals surface area contributed by atoms with Gasteiger partial charge in [-0.1, -0.05) is 28.8 Å². The maximum absolute atomic E-state index is 12.1. The summed E-state index contributed by atoms with van der Waals surface area (Å²) in [5.41, 5.74) is 1.50. The smallest absolute Gasteiger partial charge is 0.329 e. The number of amides is 2. The second-order valence-electron chi connectivity index (χ2n) is 5.46. The molecule has 0 bridgehead atoms. The molecule has 2 heterocycles. The van der Waals surface area contributed by atoms with Gasteiger partial charge in [0.15, 0.2) is 0 Å². The Hall–Kier alpha value is -2.47. The second kappa shape index (κ2) is 5.73. The quantitative estimate of drug-likeness (QED) is 0.623. The number of hydrogen-bond acceptors (Lipinski definition) is 5. The highest BCUT2D eigenvalue weighted by Gasteiger charge is 2.38. The van der Waals surface area contributed by atoms with Crippen molar-refractivity contribution >= 4 is 17.8 Å². The molecule has 0 fully saturated rings. The number of hydroxylamine groups is 2. The van der Waals surface area contributed by atoms with Crippen molar-refractivity contribution < 1.29 is 19.2 Å². The highest BCUT2D eigenvalue weighted by Crippen LogP contribution is 2.23. The molecule has 0 unspecified atom stereocenters. The number of likely N-dealkylation sites (N-methyl/N-ethyl adjacent to an activating group) is 1. The minimum absolute atomic E-state index is 0.0985. The van der Waals surface area contributed by atoms with E-state index in [2.05, 4.69) is 4.90 Å². The summed E-state index contributed by atoms with van der Waals surface area (Å²) in [4.78, 5) is 43.3. The van der Waals surface area contributed by atoms with E-state index in [1.165, 1.54) is 0 Å². The van der Waals surface area contributed by atoms with Crippen molar-refractivity contribution in [2.24, 2.45) is 0 Å². The van der Waals surface area contributed by atoms with Crippen LogP contribution in [-0.4, -0.2) is 47.9 Å². The number of nitrogens with zero attached hydrogens (tertiary/aromatic N) is 2. The second-order valence-corrected chi connectivity index (χ2v) is 5.46. The standard InChI is InChI=1S/C16H16N2O4/c1-17-8-6-11(7-9-17)10-14(19)22-18-15(20)12-4-2-3-5-13(12)16(18)21/h2-6H,7-10H2,1H3. The summed E-state index contributed by atoms with van der Waals surface area (Å²) in [6, 6.07) is 6.42. The first-order chi connectivity index (χ1) is 10.6. The Kier molecular flexibility index (Phi) is 3.77. The van der Waals surface area contributed by atoms with Crippen LogP contribution in [0.25, 0.3) is 0 Å². The molecule has 22 heavy (non-hydrogen) atoms. The number of hydrogen-bond donors (Lipinski definition) is 0. The van der Waals surface area contributed by atoms with Gasteiger partial charge < -0.3 is 9.74 Å². The molecule has 0 radical (unpaired) electrons. The normalized spacial score (nSPS) is 18.2. The SMILES string of the molecule is CN1CC=C(CC(=O)ON2C(=O)c3ccccc3C2=O)CC1. The average Bonchev–Trinajstić information content (AvgIpc) is 2.75. The minimum atomic E-state index is -0.592. The fourth-order valence-corrected chi connectivity index (χ4v) is 2.54. The third kappa shape index (κ3) is 2.65. The van der Waals surface area contributed by atoms with Crippen LogP contribution < -0.4 is 0 Å². The first kappa shape index (κ1) is 14.5. The van der Waals surface area contributed by atoms with E-state index in [4.69, 9.17) is 4.84 Å². The van der Waals surface area contributed by atoms with Crippen LogP contribution in [0.15, 0.2) is 35.9 Å². The summed E-state index contributed by atoms with van der Waals surface area (Å²) in [6.45, 7) is 1.67. The third-order valence-electron chi connectivity index (χ3n) is 3.83. The zero-order valence-electron chi connectivity index (χ0n) is 12.2. The summed E-state index contributed by atoms with van der Waals surface area (Å²) in [5, 5.41) is 0.558. The number of benzene rings is 1. The van der Waals surface area contributed by atoms with Crippen LogP contribution in [0, 0.1) is 0 Å². The van der Waals surface area contributed by atoms with E-state index in [9.17, 15) is 14.4 Å². The van der Waals surface area contributed by atoms with Crippen molar-refractivity contribution in [2.45, 2.75) is 12.8 Å². The Morgan fingerprint density at radius 3 is 2.36 bits per heavy atom. The van der Waals surface area contributed by atoms with E-state index in [0.29, 0.717) is 5.06 Å². The van der Waals surface area contributed by atoms with Gasteiger partial charge in [0, 0.05) is 13.1 Å². The molecule has 2 amide bonds. The highest BCUT2D eigenvalue weighted by molar-refractivity contribution is 6.20. The lowest BCUT2D eigenvalue weighted by molar-refractivity contribution is -0.167. The zero-order valence-corrected chi connectivity index (χ0v) is 12.2. The molecule has 114 valence electrons. The number of carbonyl (C=O) groups is 3. The molecule has 0 saturated heterocycles.